The highest BCUT2D eigenvalue weighted by atomic mass is 16.7. The third-order valence-electron chi connectivity index (χ3n) is 5.15. The molecule has 24 heavy (non-hydrogen) atoms. The van der Waals surface area contributed by atoms with Gasteiger partial charge in [-0.2, -0.15) is 0 Å². The van der Waals surface area contributed by atoms with Crippen LogP contribution in [0.4, 0.5) is 0 Å². The van der Waals surface area contributed by atoms with Gasteiger partial charge in [0.25, 0.3) is 0 Å². The highest BCUT2D eigenvalue weighted by molar-refractivity contribution is 6.02. The maximum atomic E-state index is 10.0. The summed E-state index contributed by atoms with van der Waals surface area (Å²) >= 11 is 0. The van der Waals surface area contributed by atoms with E-state index in [0.717, 1.165) is 35.6 Å². The number of nitrogens with zero attached hydrogens (tertiary/aromatic N) is 1. The van der Waals surface area contributed by atoms with E-state index in [1.165, 1.54) is 12.8 Å². The molecule has 1 N–H and O–H groups in total. The van der Waals surface area contributed by atoms with Crippen LogP contribution in [0.25, 0.3) is 0 Å². The Balaban J connectivity index is 1.55. The van der Waals surface area contributed by atoms with E-state index in [0.29, 0.717) is 19.4 Å². The summed E-state index contributed by atoms with van der Waals surface area (Å²) in [7, 11) is 1.65. The highest BCUT2D eigenvalue weighted by Crippen LogP contribution is 2.39. The molecule has 6 nitrogen and oxygen atoms in total. The van der Waals surface area contributed by atoms with Gasteiger partial charge in [-0.3, -0.25) is 0 Å². The van der Waals surface area contributed by atoms with Gasteiger partial charge >= 0.3 is 0 Å². The van der Waals surface area contributed by atoms with Crippen molar-refractivity contribution >= 4 is 5.71 Å². The number of aliphatic hydroxyl groups excluding tert-OH is 1. The Morgan fingerprint density at radius 2 is 2.08 bits per heavy atom. The molecule has 2 heterocycles. The summed E-state index contributed by atoms with van der Waals surface area (Å²) in [5.74, 6) is 1.47. The summed E-state index contributed by atoms with van der Waals surface area (Å²) in [4.78, 5) is 5.55. The molecule has 6 heteroatoms. The number of methoxy groups -OCH3 is 1. The Morgan fingerprint density at radius 1 is 1.25 bits per heavy atom. The maximum absolute atomic E-state index is 10.0. The van der Waals surface area contributed by atoms with Gasteiger partial charge in [-0.05, 0) is 43.9 Å². The molecule has 1 saturated heterocycles. The molecule has 1 saturated carbocycles. The molecule has 0 aromatic heterocycles. The average molecular weight is 333 g/mol. The summed E-state index contributed by atoms with van der Waals surface area (Å²) in [6, 6.07) is 5.80. The number of rotatable bonds is 4. The Kier molecular flexibility index (Phi) is 4.10. The average Bonchev–Trinajstić information content (AvgIpc) is 3.32. The van der Waals surface area contributed by atoms with Gasteiger partial charge in [0.15, 0.2) is 23.4 Å². The first kappa shape index (κ1) is 15.7. The first-order chi connectivity index (χ1) is 11.7. The minimum absolute atomic E-state index is 0.257. The lowest BCUT2D eigenvalue weighted by molar-refractivity contribution is -0.171. The van der Waals surface area contributed by atoms with Crippen molar-refractivity contribution in [3.63, 3.8) is 0 Å². The molecule has 2 atom stereocenters. The Labute approximate surface area is 141 Å². The van der Waals surface area contributed by atoms with Gasteiger partial charge in [-0.1, -0.05) is 5.16 Å². The van der Waals surface area contributed by atoms with E-state index < -0.39 is 11.9 Å². The van der Waals surface area contributed by atoms with Crippen LogP contribution >= 0.6 is 0 Å². The van der Waals surface area contributed by atoms with Gasteiger partial charge in [0.1, 0.15) is 0 Å². The summed E-state index contributed by atoms with van der Waals surface area (Å²) in [5.41, 5.74) is 1.00. The molecule has 2 fully saturated rings. The lowest BCUT2D eigenvalue weighted by atomic mass is 9.92. The zero-order valence-corrected chi connectivity index (χ0v) is 13.9. The topological polar surface area (TPSA) is 69.5 Å². The quantitative estimate of drug-likeness (QED) is 0.917. The Hall–Kier alpha value is -1.79. The van der Waals surface area contributed by atoms with Crippen molar-refractivity contribution in [1.29, 1.82) is 0 Å². The number of oxime groups is 1. The standard InChI is InChI=1S/C18H23NO5/c1-21-15-7-6-12(10-16(15)23-13-4-2-3-5-13)14-11-18(24-19-14)8-9-22-17(18)20/h6-7,10,13,17,20H,2-5,8-9,11H2,1H3. The molecule has 4 rings (SSSR count). The first-order valence-corrected chi connectivity index (χ1v) is 8.60. The molecule has 1 aromatic carbocycles. The normalized spacial score (nSPS) is 29.8. The van der Waals surface area contributed by atoms with Crippen molar-refractivity contribution < 1.29 is 24.2 Å². The van der Waals surface area contributed by atoms with Crippen LogP contribution in [-0.2, 0) is 9.57 Å². The second-order valence-electron chi connectivity index (χ2n) is 6.73. The third kappa shape index (κ3) is 2.74. The van der Waals surface area contributed by atoms with Crippen molar-refractivity contribution in [3.8, 4) is 11.5 Å². The fourth-order valence-electron chi connectivity index (χ4n) is 3.67. The second kappa shape index (κ2) is 6.26. The van der Waals surface area contributed by atoms with Crippen LogP contribution < -0.4 is 9.47 Å². The summed E-state index contributed by atoms with van der Waals surface area (Å²) < 4.78 is 16.8. The lowest BCUT2D eigenvalue weighted by Crippen LogP contribution is -2.38. The van der Waals surface area contributed by atoms with E-state index in [4.69, 9.17) is 19.0 Å². The monoisotopic (exact) mass is 333 g/mol. The van der Waals surface area contributed by atoms with Crippen LogP contribution in [0.5, 0.6) is 11.5 Å². The number of ether oxygens (including phenoxy) is 3. The summed E-state index contributed by atoms with van der Waals surface area (Å²) in [6.45, 7) is 0.489. The van der Waals surface area contributed by atoms with Gasteiger partial charge in [0.05, 0.1) is 25.5 Å². The van der Waals surface area contributed by atoms with Crippen LogP contribution in [0, 0.1) is 0 Å². The molecule has 2 unspecified atom stereocenters. The second-order valence-corrected chi connectivity index (χ2v) is 6.73. The minimum atomic E-state index is -0.925. The van der Waals surface area contributed by atoms with E-state index >= 15 is 0 Å². The first-order valence-electron chi connectivity index (χ1n) is 8.60. The molecular weight excluding hydrogens is 310 g/mol. The molecule has 1 aromatic rings. The van der Waals surface area contributed by atoms with Crippen molar-refractivity contribution in [2.45, 2.75) is 56.5 Å². The predicted octanol–water partition coefficient (Wildman–Crippen LogP) is 2.62. The van der Waals surface area contributed by atoms with Gasteiger partial charge in [0, 0.05) is 18.4 Å². The molecular formula is C18H23NO5. The zero-order valence-electron chi connectivity index (χ0n) is 13.9. The molecule has 1 aliphatic carbocycles. The largest absolute Gasteiger partial charge is 0.493 e. The molecule has 2 aliphatic heterocycles. The predicted molar refractivity (Wildman–Crippen MR) is 87.4 cm³/mol. The molecule has 0 bridgehead atoms. The van der Waals surface area contributed by atoms with Crippen molar-refractivity contribution in [1.82, 2.24) is 0 Å². The maximum Gasteiger partial charge on any atom is 0.198 e. The van der Waals surface area contributed by atoms with Crippen LogP contribution in [0.3, 0.4) is 0 Å². The third-order valence-corrected chi connectivity index (χ3v) is 5.15. The number of hydrogen-bond acceptors (Lipinski definition) is 6. The summed E-state index contributed by atoms with van der Waals surface area (Å²) in [6.07, 6.45) is 5.11. The van der Waals surface area contributed by atoms with Crippen LogP contribution in [-0.4, -0.2) is 42.5 Å². The van der Waals surface area contributed by atoms with E-state index in [1.54, 1.807) is 7.11 Å². The fourth-order valence-corrected chi connectivity index (χ4v) is 3.67. The molecule has 130 valence electrons. The zero-order chi connectivity index (χ0) is 16.6. The summed E-state index contributed by atoms with van der Waals surface area (Å²) in [5, 5.41) is 14.2. The molecule has 1 spiro atoms. The van der Waals surface area contributed by atoms with Gasteiger partial charge in [-0.15, -0.1) is 0 Å². The highest BCUT2D eigenvalue weighted by Gasteiger charge is 2.50. The van der Waals surface area contributed by atoms with Crippen molar-refractivity contribution in [2.75, 3.05) is 13.7 Å². The lowest BCUT2D eigenvalue weighted by Gasteiger charge is -2.22. The number of hydrogen-bond donors (Lipinski definition) is 1. The van der Waals surface area contributed by atoms with E-state index in [1.807, 2.05) is 18.2 Å². The van der Waals surface area contributed by atoms with Crippen molar-refractivity contribution in [3.05, 3.63) is 23.8 Å². The van der Waals surface area contributed by atoms with Gasteiger partial charge in [0.2, 0.25) is 0 Å². The fraction of sp³-hybridized carbons (Fsp3) is 0.611. The number of benzene rings is 1. The Morgan fingerprint density at radius 3 is 2.79 bits per heavy atom. The number of aliphatic hydroxyl groups is 1. The molecule has 0 amide bonds. The van der Waals surface area contributed by atoms with Crippen LogP contribution in [0.15, 0.2) is 23.4 Å². The van der Waals surface area contributed by atoms with E-state index in [-0.39, 0.29) is 6.10 Å². The van der Waals surface area contributed by atoms with E-state index in [9.17, 15) is 5.11 Å². The SMILES string of the molecule is COc1ccc(C2=NOC3(CCOC3O)C2)cc1OC1CCCC1. The van der Waals surface area contributed by atoms with Gasteiger partial charge in [-0.25, -0.2) is 0 Å². The van der Waals surface area contributed by atoms with Crippen molar-refractivity contribution in [2.24, 2.45) is 5.16 Å². The molecule has 3 aliphatic rings. The van der Waals surface area contributed by atoms with E-state index in [2.05, 4.69) is 5.16 Å². The van der Waals surface area contributed by atoms with Gasteiger partial charge < -0.3 is 24.2 Å². The minimum Gasteiger partial charge on any atom is -0.493 e. The van der Waals surface area contributed by atoms with Crippen LogP contribution in [0.1, 0.15) is 44.1 Å². The molecule has 0 radical (unpaired) electrons. The Bertz CT molecular complexity index is 640. The smallest absolute Gasteiger partial charge is 0.198 e. The van der Waals surface area contributed by atoms with Crippen LogP contribution in [0.2, 0.25) is 0 Å².